The fourth-order valence-corrected chi connectivity index (χ4v) is 1.08. The number of anilines is 1. The number of nitrogens with zero attached hydrogens (tertiary/aromatic N) is 2. The lowest BCUT2D eigenvalue weighted by Gasteiger charge is -2.06. The zero-order valence-electron chi connectivity index (χ0n) is 8.02. The first-order chi connectivity index (χ1) is 7.66. The Morgan fingerprint density at radius 3 is 2.69 bits per heavy atom. The minimum absolute atomic E-state index is 0.0746. The number of aromatic nitrogens is 2. The Morgan fingerprint density at radius 1 is 1.19 bits per heavy atom. The van der Waals surface area contributed by atoms with E-state index in [2.05, 4.69) is 10.2 Å². The summed E-state index contributed by atoms with van der Waals surface area (Å²) in [5.74, 6) is -1.72. The molecule has 0 bridgehead atoms. The molecule has 0 amide bonds. The van der Waals surface area contributed by atoms with Crippen LogP contribution in [0.3, 0.4) is 0 Å². The zero-order chi connectivity index (χ0) is 11.5. The highest BCUT2D eigenvalue weighted by Crippen LogP contribution is 2.26. The summed E-state index contributed by atoms with van der Waals surface area (Å²) in [5.41, 5.74) is 4.91. The van der Waals surface area contributed by atoms with Crippen LogP contribution in [-0.4, -0.2) is 10.2 Å². The van der Waals surface area contributed by atoms with Gasteiger partial charge in [0.2, 0.25) is 5.88 Å². The lowest BCUT2D eigenvalue weighted by Crippen LogP contribution is -1.96. The van der Waals surface area contributed by atoms with E-state index in [-0.39, 0.29) is 17.3 Å². The van der Waals surface area contributed by atoms with Gasteiger partial charge in [0.05, 0.1) is 5.69 Å². The number of hydrogen-bond donors (Lipinski definition) is 1. The number of nitrogens with two attached hydrogens (primary N) is 1. The molecule has 4 nitrogen and oxygen atoms in total. The van der Waals surface area contributed by atoms with Crippen molar-refractivity contribution in [3.8, 4) is 11.6 Å². The molecule has 0 saturated carbocycles. The van der Waals surface area contributed by atoms with Gasteiger partial charge in [0.1, 0.15) is 5.82 Å². The van der Waals surface area contributed by atoms with Crippen molar-refractivity contribution >= 4 is 5.69 Å². The summed E-state index contributed by atoms with van der Waals surface area (Å²) in [6.45, 7) is 0. The van der Waals surface area contributed by atoms with E-state index in [4.69, 9.17) is 10.5 Å². The van der Waals surface area contributed by atoms with Crippen LogP contribution in [0.4, 0.5) is 14.5 Å². The summed E-state index contributed by atoms with van der Waals surface area (Å²) in [6, 6.07) is 4.75. The van der Waals surface area contributed by atoms with E-state index in [1.54, 1.807) is 6.07 Å². The zero-order valence-corrected chi connectivity index (χ0v) is 8.02. The Balaban J connectivity index is 2.32. The molecule has 0 aliphatic carbocycles. The molecule has 2 aromatic rings. The SMILES string of the molecule is Nc1cc(F)c(Oc2cccnn2)cc1F. The maximum absolute atomic E-state index is 13.3. The van der Waals surface area contributed by atoms with Crippen LogP contribution >= 0.6 is 0 Å². The molecule has 0 saturated heterocycles. The monoisotopic (exact) mass is 223 g/mol. The van der Waals surface area contributed by atoms with E-state index in [9.17, 15) is 8.78 Å². The third-order valence-corrected chi connectivity index (χ3v) is 1.81. The van der Waals surface area contributed by atoms with E-state index in [1.165, 1.54) is 12.3 Å². The molecule has 82 valence electrons. The Morgan fingerprint density at radius 2 is 2.00 bits per heavy atom. The Labute approximate surface area is 89.7 Å². The van der Waals surface area contributed by atoms with Crippen LogP contribution in [0, 0.1) is 11.6 Å². The van der Waals surface area contributed by atoms with E-state index >= 15 is 0 Å². The van der Waals surface area contributed by atoms with Crippen LogP contribution in [0.5, 0.6) is 11.6 Å². The predicted octanol–water partition coefficient (Wildman–Crippen LogP) is 2.13. The Bertz CT molecular complexity index is 505. The van der Waals surface area contributed by atoms with Crippen LogP contribution in [-0.2, 0) is 0 Å². The molecule has 2 rings (SSSR count). The second-order valence-corrected chi connectivity index (χ2v) is 2.97. The average Bonchev–Trinajstić information content (AvgIpc) is 2.27. The number of nitrogen functional groups attached to an aromatic ring is 1. The normalized spacial score (nSPS) is 10.1. The van der Waals surface area contributed by atoms with Gasteiger partial charge in [0, 0.05) is 24.4 Å². The number of hydrogen-bond acceptors (Lipinski definition) is 4. The van der Waals surface area contributed by atoms with Crippen molar-refractivity contribution in [2.45, 2.75) is 0 Å². The smallest absolute Gasteiger partial charge is 0.238 e. The van der Waals surface area contributed by atoms with Gasteiger partial charge in [0.15, 0.2) is 11.6 Å². The molecule has 0 fully saturated rings. The Hall–Kier alpha value is -2.24. The van der Waals surface area contributed by atoms with Gasteiger partial charge in [-0.1, -0.05) is 0 Å². The van der Waals surface area contributed by atoms with Crippen molar-refractivity contribution in [3.63, 3.8) is 0 Å². The largest absolute Gasteiger partial charge is 0.434 e. The molecule has 0 spiro atoms. The summed E-state index contributed by atoms with van der Waals surface area (Å²) in [6.07, 6.45) is 1.44. The minimum atomic E-state index is -0.760. The van der Waals surface area contributed by atoms with Gasteiger partial charge < -0.3 is 10.5 Å². The molecule has 0 unspecified atom stereocenters. The van der Waals surface area contributed by atoms with Crippen molar-refractivity contribution in [1.29, 1.82) is 0 Å². The molecule has 1 aromatic heterocycles. The van der Waals surface area contributed by atoms with E-state index in [0.29, 0.717) is 0 Å². The Kier molecular flexibility index (Phi) is 2.63. The molecule has 0 aliphatic heterocycles. The molecular formula is C10H7F2N3O. The highest BCUT2D eigenvalue weighted by atomic mass is 19.1. The van der Waals surface area contributed by atoms with E-state index in [0.717, 1.165) is 12.1 Å². The van der Waals surface area contributed by atoms with Gasteiger partial charge in [-0.3, -0.25) is 0 Å². The van der Waals surface area contributed by atoms with Gasteiger partial charge in [-0.15, -0.1) is 5.10 Å². The summed E-state index contributed by atoms with van der Waals surface area (Å²) in [4.78, 5) is 0. The standard InChI is InChI=1S/C10H7F2N3O/c11-6-5-9(7(12)4-8(6)13)16-10-2-1-3-14-15-10/h1-5H,13H2. The van der Waals surface area contributed by atoms with Gasteiger partial charge in [-0.2, -0.15) is 5.10 Å². The molecule has 16 heavy (non-hydrogen) atoms. The maximum atomic E-state index is 13.3. The molecule has 0 radical (unpaired) electrons. The third-order valence-electron chi connectivity index (χ3n) is 1.81. The van der Waals surface area contributed by atoms with Crippen LogP contribution in [0.1, 0.15) is 0 Å². The molecule has 1 aromatic carbocycles. The molecule has 0 aliphatic rings. The number of rotatable bonds is 2. The number of halogens is 2. The average molecular weight is 223 g/mol. The van der Waals surface area contributed by atoms with E-state index in [1.807, 2.05) is 0 Å². The van der Waals surface area contributed by atoms with Crippen molar-refractivity contribution < 1.29 is 13.5 Å². The first kappa shape index (κ1) is 10.3. The molecular weight excluding hydrogens is 216 g/mol. The molecule has 1 heterocycles. The first-order valence-electron chi connectivity index (χ1n) is 4.37. The summed E-state index contributed by atoms with van der Waals surface area (Å²) >= 11 is 0. The fraction of sp³-hybridized carbons (Fsp3) is 0. The van der Waals surface area contributed by atoms with Crippen LogP contribution in [0.15, 0.2) is 30.5 Å². The lowest BCUT2D eigenvalue weighted by molar-refractivity contribution is 0.418. The topological polar surface area (TPSA) is 61.0 Å². The summed E-state index contributed by atoms with van der Waals surface area (Å²) < 4.78 is 31.4. The first-order valence-corrected chi connectivity index (χ1v) is 4.37. The van der Waals surface area contributed by atoms with Crippen LogP contribution in [0.25, 0.3) is 0 Å². The van der Waals surface area contributed by atoms with Crippen molar-refractivity contribution in [2.24, 2.45) is 0 Å². The molecule has 0 atom stereocenters. The van der Waals surface area contributed by atoms with Crippen LogP contribution in [0.2, 0.25) is 0 Å². The fourth-order valence-electron chi connectivity index (χ4n) is 1.08. The lowest BCUT2D eigenvalue weighted by atomic mass is 10.3. The van der Waals surface area contributed by atoms with E-state index < -0.39 is 11.6 Å². The van der Waals surface area contributed by atoms with Crippen molar-refractivity contribution in [3.05, 3.63) is 42.1 Å². The summed E-state index contributed by atoms with van der Waals surface area (Å²) in [7, 11) is 0. The number of ether oxygens (including phenoxy) is 1. The highest BCUT2D eigenvalue weighted by molar-refractivity contribution is 5.45. The maximum Gasteiger partial charge on any atom is 0.238 e. The minimum Gasteiger partial charge on any atom is -0.434 e. The van der Waals surface area contributed by atoms with Crippen molar-refractivity contribution in [2.75, 3.05) is 5.73 Å². The molecule has 2 N–H and O–H groups in total. The van der Waals surface area contributed by atoms with Gasteiger partial charge in [-0.25, -0.2) is 8.78 Å². The number of benzene rings is 1. The van der Waals surface area contributed by atoms with Gasteiger partial charge in [0.25, 0.3) is 0 Å². The van der Waals surface area contributed by atoms with Crippen molar-refractivity contribution in [1.82, 2.24) is 10.2 Å². The quantitative estimate of drug-likeness (QED) is 0.792. The second-order valence-electron chi connectivity index (χ2n) is 2.97. The predicted molar refractivity (Wildman–Crippen MR) is 52.9 cm³/mol. The van der Waals surface area contributed by atoms with Crippen LogP contribution < -0.4 is 10.5 Å². The second kappa shape index (κ2) is 4.09. The third kappa shape index (κ3) is 2.05. The molecule has 6 heteroatoms. The highest BCUT2D eigenvalue weighted by Gasteiger charge is 2.10. The van der Waals surface area contributed by atoms with Gasteiger partial charge >= 0.3 is 0 Å². The van der Waals surface area contributed by atoms with Gasteiger partial charge in [-0.05, 0) is 6.07 Å². The summed E-state index contributed by atoms with van der Waals surface area (Å²) in [5, 5.41) is 7.11.